The van der Waals surface area contributed by atoms with Gasteiger partial charge in [0.25, 0.3) is 0 Å². The summed E-state index contributed by atoms with van der Waals surface area (Å²) < 4.78 is 5.08. The van der Waals surface area contributed by atoms with Crippen molar-refractivity contribution in [2.24, 2.45) is 0 Å². The zero-order chi connectivity index (χ0) is 12.4. The van der Waals surface area contributed by atoms with Gasteiger partial charge in [0.1, 0.15) is 6.61 Å². The fraction of sp³-hybridized carbons (Fsp3) is 0.500. The van der Waals surface area contributed by atoms with Gasteiger partial charge < -0.3 is 4.74 Å². The second kappa shape index (κ2) is 8.96. The molecule has 0 bridgehead atoms. The van der Waals surface area contributed by atoms with Crippen molar-refractivity contribution < 1.29 is 9.53 Å². The zero-order valence-corrected chi connectivity index (χ0v) is 10.6. The summed E-state index contributed by atoms with van der Waals surface area (Å²) in [6.07, 6.45) is 8.17. The molecule has 0 radical (unpaired) electrons. The molecule has 0 saturated carbocycles. The molecule has 0 saturated heterocycles. The molecule has 0 fully saturated rings. The first-order chi connectivity index (χ1) is 7.60. The Balaban J connectivity index is 3.88. The number of ether oxygens (including phenoxy) is 1. The van der Waals surface area contributed by atoms with E-state index < -0.39 is 0 Å². The van der Waals surface area contributed by atoms with Crippen molar-refractivity contribution in [1.82, 2.24) is 0 Å². The molecule has 0 aromatic rings. The van der Waals surface area contributed by atoms with Crippen LogP contribution >= 0.6 is 0 Å². The first kappa shape index (κ1) is 14.7. The predicted octanol–water partition coefficient (Wildman–Crippen LogP) is 3.80. The number of carbonyl (C=O) groups is 1. The van der Waals surface area contributed by atoms with Gasteiger partial charge in [-0.2, -0.15) is 0 Å². The summed E-state index contributed by atoms with van der Waals surface area (Å²) in [6.45, 7) is 10.0. The van der Waals surface area contributed by atoms with Crippen LogP contribution in [0, 0.1) is 0 Å². The molecular weight excluding hydrogens is 200 g/mol. The van der Waals surface area contributed by atoms with Crippen LogP contribution in [0.5, 0.6) is 0 Å². The SMILES string of the molecule is C=CC(C)=CCC=C(C)COC(=O)CCC. The van der Waals surface area contributed by atoms with Gasteiger partial charge >= 0.3 is 5.97 Å². The van der Waals surface area contributed by atoms with Crippen LogP contribution in [-0.2, 0) is 9.53 Å². The second-order valence-electron chi connectivity index (χ2n) is 3.85. The van der Waals surface area contributed by atoms with Gasteiger partial charge in [0.05, 0.1) is 0 Å². The molecule has 0 spiro atoms. The molecule has 0 aromatic heterocycles. The van der Waals surface area contributed by atoms with Gasteiger partial charge in [-0.15, -0.1) is 0 Å². The molecule has 0 amide bonds. The van der Waals surface area contributed by atoms with Gasteiger partial charge in [0.2, 0.25) is 0 Å². The van der Waals surface area contributed by atoms with Crippen molar-refractivity contribution in [3.8, 4) is 0 Å². The van der Waals surface area contributed by atoms with E-state index in [1.165, 1.54) is 0 Å². The Labute approximate surface area is 98.7 Å². The highest BCUT2D eigenvalue weighted by Crippen LogP contribution is 2.02. The molecule has 0 atom stereocenters. The first-order valence-corrected chi connectivity index (χ1v) is 5.70. The van der Waals surface area contributed by atoms with E-state index in [4.69, 9.17) is 4.74 Å². The minimum Gasteiger partial charge on any atom is -0.461 e. The standard InChI is InChI=1S/C14H22O2/c1-5-8-14(15)16-11-13(4)10-7-9-12(3)6-2/h6,9-10H,2,5,7-8,11H2,1,3-4H3. The summed E-state index contributed by atoms with van der Waals surface area (Å²) >= 11 is 0. The molecule has 0 aliphatic heterocycles. The number of rotatable bonds is 7. The largest absolute Gasteiger partial charge is 0.461 e. The number of carbonyl (C=O) groups excluding carboxylic acids is 1. The van der Waals surface area contributed by atoms with Crippen molar-refractivity contribution in [2.75, 3.05) is 6.61 Å². The van der Waals surface area contributed by atoms with Gasteiger partial charge in [0, 0.05) is 6.42 Å². The van der Waals surface area contributed by atoms with Crippen LogP contribution < -0.4 is 0 Å². The average Bonchev–Trinajstić information content (AvgIpc) is 2.26. The Morgan fingerprint density at radius 1 is 1.31 bits per heavy atom. The Morgan fingerprint density at radius 2 is 2.00 bits per heavy atom. The van der Waals surface area contributed by atoms with Crippen molar-refractivity contribution in [3.05, 3.63) is 36.0 Å². The van der Waals surface area contributed by atoms with Gasteiger partial charge in [-0.25, -0.2) is 0 Å². The topological polar surface area (TPSA) is 26.3 Å². The highest BCUT2D eigenvalue weighted by atomic mass is 16.5. The molecule has 0 heterocycles. The van der Waals surface area contributed by atoms with Crippen LogP contribution in [0.4, 0.5) is 0 Å². The van der Waals surface area contributed by atoms with E-state index in [9.17, 15) is 4.79 Å². The van der Waals surface area contributed by atoms with Crippen LogP contribution in [0.3, 0.4) is 0 Å². The molecule has 2 heteroatoms. The summed E-state index contributed by atoms with van der Waals surface area (Å²) in [5, 5.41) is 0. The van der Waals surface area contributed by atoms with Crippen LogP contribution in [0.2, 0.25) is 0 Å². The third-order valence-electron chi connectivity index (χ3n) is 2.14. The minimum absolute atomic E-state index is 0.118. The summed E-state index contributed by atoms with van der Waals surface area (Å²) in [5.41, 5.74) is 2.24. The van der Waals surface area contributed by atoms with Crippen molar-refractivity contribution in [3.63, 3.8) is 0 Å². The highest BCUT2D eigenvalue weighted by molar-refractivity contribution is 5.69. The molecule has 2 nitrogen and oxygen atoms in total. The van der Waals surface area contributed by atoms with E-state index >= 15 is 0 Å². The second-order valence-corrected chi connectivity index (χ2v) is 3.85. The predicted molar refractivity (Wildman–Crippen MR) is 68.2 cm³/mol. The lowest BCUT2D eigenvalue weighted by molar-refractivity contribution is -0.142. The Morgan fingerprint density at radius 3 is 2.56 bits per heavy atom. The Kier molecular flexibility index (Phi) is 8.22. The number of hydrogen-bond acceptors (Lipinski definition) is 2. The molecule has 90 valence electrons. The van der Waals surface area contributed by atoms with Gasteiger partial charge in [0.15, 0.2) is 0 Å². The van der Waals surface area contributed by atoms with Crippen LogP contribution in [-0.4, -0.2) is 12.6 Å². The quantitative estimate of drug-likeness (QED) is 0.372. The maximum Gasteiger partial charge on any atom is 0.306 e. The highest BCUT2D eigenvalue weighted by Gasteiger charge is 1.99. The minimum atomic E-state index is -0.118. The van der Waals surface area contributed by atoms with Crippen molar-refractivity contribution in [2.45, 2.75) is 40.0 Å². The maximum atomic E-state index is 11.1. The molecule has 0 rings (SSSR count). The molecule has 0 N–H and O–H groups in total. The Hall–Kier alpha value is -1.31. The lowest BCUT2D eigenvalue weighted by atomic mass is 10.2. The molecule has 0 aliphatic carbocycles. The molecule has 0 unspecified atom stereocenters. The molecule has 16 heavy (non-hydrogen) atoms. The summed E-state index contributed by atoms with van der Waals surface area (Å²) in [6, 6.07) is 0. The van der Waals surface area contributed by atoms with Crippen molar-refractivity contribution in [1.29, 1.82) is 0 Å². The van der Waals surface area contributed by atoms with E-state index in [0.717, 1.165) is 24.0 Å². The number of hydrogen-bond donors (Lipinski definition) is 0. The molecule has 0 aromatic carbocycles. The molecule has 0 aliphatic rings. The monoisotopic (exact) mass is 222 g/mol. The smallest absolute Gasteiger partial charge is 0.306 e. The maximum absolute atomic E-state index is 11.1. The van der Waals surface area contributed by atoms with E-state index in [1.54, 1.807) is 0 Å². The molecular formula is C14H22O2. The fourth-order valence-electron chi connectivity index (χ4n) is 1.06. The van der Waals surface area contributed by atoms with E-state index in [-0.39, 0.29) is 5.97 Å². The van der Waals surface area contributed by atoms with E-state index in [2.05, 4.69) is 18.7 Å². The van der Waals surface area contributed by atoms with E-state index in [1.807, 2.05) is 26.8 Å². The van der Waals surface area contributed by atoms with E-state index in [0.29, 0.717) is 13.0 Å². The lowest BCUT2D eigenvalue weighted by Gasteiger charge is -2.03. The number of esters is 1. The zero-order valence-electron chi connectivity index (χ0n) is 10.6. The Bertz CT molecular complexity index is 285. The van der Waals surface area contributed by atoms with Gasteiger partial charge in [-0.3, -0.25) is 4.79 Å². The average molecular weight is 222 g/mol. The third-order valence-corrected chi connectivity index (χ3v) is 2.14. The van der Waals surface area contributed by atoms with Crippen LogP contribution in [0.25, 0.3) is 0 Å². The van der Waals surface area contributed by atoms with Gasteiger partial charge in [-0.05, 0) is 32.3 Å². The number of allylic oxidation sites excluding steroid dienone is 4. The lowest BCUT2D eigenvalue weighted by Crippen LogP contribution is -2.05. The van der Waals surface area contributed by atoms with Gasteiger partial charge in [-0.1, -0.05) is 37.3 Å². The third kappa shape index (κ3) is 8.04. The first-order valence-electron chi connectivity index (χ1n) is 5.70. The summed E-state index contributed by atoms with van der Waals surface area (Å²) in [7, 11) is 0. The summed E-state index contributed by atoms with van der Waals surface area (Å²) in [4.78, 5) is 11.1. The van der Waals surface area contributed by atoms with Crippen molar-refractivity contribution >= 4 is 5.97 Å². The fourth-order valence-corrected chi connectivity index (χ4v) is 1.06. The van der Waals surface area contributed by atoms with Crippen LogP contribution in [0.1, 0.15) is 40.0 Å². The van der Waals surface area contributed by atoms with Crippen LogP contribution in [0.15, 0.2) is 36.0 Å². The summed E-state index contributed by atoms with van der Waals surface area (Å²) in [5.74, 6) is -0.118. The normalized spacial score (nSPS) is 12.4.